The van der Waals surface area contributed by atoms with Crippen LogP contribution in [0.1, 0.15) is 30.4 Å². The summed E-state index contributed by atoms with van der Waals surface area (Å²) in [4.78, 5) is 50.9. The minimum absolute atomic E-state index is 0.0755. The van der Waals surface area contributed by atoms with Crippen molar-refractivity contribution in [2.75, 3.05) is 12.3 Å². The molecule has 0 aliphatic carbocycles. The first-order valence-corrected chi connectivity index (χ1v) is 13.9. The van der Waals surface area contributed by atoms with E-state index in [2.05, 4.69) is 28.6 Å². The van der Waals surface area contributed by atoms with Crippen molar-refractivity contribution in [3.63, 3.8) is 0 Å². The van der Waals surface area contributed by atoms with E-state index in [1.165, 1.54) is 0 Å². The molecule has 3 amide bonds. The van der Waals surface area contributed by atoms with Gasteiger partial charge in [0.05, 0.1) is 6.42 Å². The summed E-state index contributed by atoms with van der Waals surface area (Å²) in [6.45, 7) is 0.415. The van der Waals surface area contributed by atoms with Crippen molar-refractivity contribution in [1.29, 1.82) is 0 Å². The lowest BCUT2D eigenvalue weighted by atomic mass is 10.0. The second-order valence-electron chi connectivity index (χ2n) is 9.60. The Morgan fingerprint density at radius 1 is 0.750 bits per heavy atom. The van der Waals surface area contributed by atoms with Crippen LogP contribution < -0.4 is 21.7 Å². The summed E-state index contributed by atoms with van der Waals surface area (Å²) in [6, 6.07) is 19.7. The van der Waals surface area contributed by atoms with E-state index >= 15 is 0 Å². The molecular formula is C30H36N4O5S. The summed E-state index contributed by atoms with van der Waals surface area (Å²) in [5.41, 5.74) is 7.23. The lowest BCUT2D eigenvalue weighted by Gasteiger charge is -2.24. The molecule has 10 heteroatoms. The highest BCUT2D eigenvalue weighted by molar-refractivity contribution is 7.80. The van der Waals surface area contributed by atoms with Crippen molar-refractivity contribution in [1.82, 2.24) is 16.0 Å². The van der Waals surface area contributed by atoms with Gasteiger partial charge in [-0.15, -0.1) is 0 Å². The van der Waals surface area contributed by atoms with Gasteiger partial charge in [-0.05, 0) is 47.7 Å². The molecule has 0 bridgehead atoms. The number of hydrogen-bond donors (Lipinski definition) is 6. The average molecular weight is 565 g/mol. The molecule has 0 saturated carbocycles. The fourth-order valence-corrected chi connectivity index (χ4v) is 4.58. The lowest BCUT2D eigenvalue weighted by molar-refractivity contribution is -0.141. The molecule has 212 valence electrons. The monoisotopic (exact) mass is 564 g/mol. The first-order valence-electron chi connectivity index (χ1n) is 13.3. The Kier molecular flexibility index (Phi) is 12.0. The topological polar surface area (TPSA) is 151 Å². The Labute approximate surface area is 239 Å². The third-order valence-electron chi connectivity index (χ3n) is 6.49. The smallest absolute Gasteiger partial charge is 0.327 e. The van der Waals surface area contributed by atoms with E-state index < -0.39 is 35.9 Å². The van der Waals surface area contributed by atoms with Crippen molar-refractivity contribution >= 4 is 47.1 Å². The molecule has 0 heterocycles. The zero-order valence-electron chi connectivity index (χ0n) is 22.2. The number of carbonyl (C=O) groups is 4. The Morgan fingerprint density at radius 2 is 1.40 bits per heavy atom. The number of nitrogens with two attached hydrogens (primary N) is 1. The second-order valence-corrected chi connectivity index (χ2v) is 9.96. The summed E-state index contributed by atoms with van der Waals surface area (Å²) < 4.78 is 0. The van der Waals surface area contributed by atoms with Gasteiger partial charge in [-0.1, -0.05) is 72.8 Å². The molecule has 3 rings (SSSR count). The van der Waals surface area contributed by atoms with Gasteiger partial charge < -0.3 is 26.8 Å². The molecular weight excluding hydrogens is 528 g/mol. The summed E-state index contributed by atoms with van der Waals surface area (Å²) in [5, 5.41) is 19.4. The molecule has 0 saturated heterocycles. The highest BCUT2D eigenvalue weighted by Gasteiger charge is 2.29. The Hall–Kier alpha value is -3.89. The molecule has 0 aliphatic rings. The molecule has 0 aliphatic heterocycles. The van der Waals surface area contributed by atoms with Crippen LogP contribution >= 0.6 is 12.6 Å². The van der Waals surface area contributed by atoms with Crippen molar-refractivity contribution in [2.45, 2.75) is 50.2 Å². The van der Waals surface area contributed by atoms with Crippen LogP contribution in [-0.4, -0.2) is 59.2 Å². The number of benzene rings is 3. The summed E-state index contributed by atoms with van der Waals surface area (Å²) >= 11 is 3.99. The number of carbonyl (C=O) groups excluding carboxylic acids is 3. The summed E-state index contributed by atoms with van der Waals surface area (Å²) in [6.07, 6.45) is 1.72. The predicted molar refractivity (Wildman–Crippen MR) is 158 cm³/mol. The molecule has 3 aromatic carbocycles. The average Bonchev–Trinajstić information content (AvgIpc) is 2.95. The van der Waals surface area contributed by atoms with E-state index in [0.717, 1.165) is 21.9 Å². The number of unbranched alkanes of at least 4 members (excludes halogenated alkanes) is 1. The van der Waals surface area contributed by atoms with Crippen LogP contribution in [0.3, 0.4) is 0 Å². The molecule has 9 nitrogen and oxygen atoms in total. The van der Waals surface area contributed by atoms with E-state index in [1.54, 1.807) is 0 Å². The van der Waals surface area contributed by atoms with Crippen LogP contribution in [0.25, 0.3) is 10.8 Å². The van der Waals surface area contributed by atoms with Gasteiger partial charge in [0.1, 0.15) is 18.1 Å². The number of aliphatic carboxylic acids is 1. The van der Waals surface area contributed by atoms with E-state index in [-0.39, 0.29) is 30.9 Å². The number of nitrogens with one attached hydrogen (secondary N) is 3. The van der Waals surface area contributed by atoms with Crippen molar-refractivity contribution in [3.8, 4) is 0 Å². The highest BCUT2D eigenvalue weighted by atomic mass is 32.1. The quantitative estimate of drug-likeness (QED) is 0.123. The first-order chi connectivity index (χ1) is 19.3. The molecule has 2 unspecified atom stereocenters. The zero-order valence-corrected chi connectivity index (χ0v) is 23.1. The molecule has 3 atom stereocenters. The van der Waals surface area contributed by atoms with E-state index in [4.69, 9.17) is 5.73 Å². The lowest BCUT2D eigenvalue weighted by Crippen LogP contribution is -2.56. The minimum atomic E-state index is -1.22. The molecule has 6 N–H and O–H groups in total. The third kappa shape index (κ3) is 9.39. The van der Waals surface area contributed by atoms with E-state index in [0.29, 0.717) is 19.4 Å². The minimum Gasteiger partial charge on any atom is -0.480 e. The Morgan fingerprint density at radius 3 is 2.08 bits per heavy atom. The van der Waals surface area contributed by atoms with Crippen molar-refractivity contribution in [2.24, 2.45) is 5.73 Å². The van der Waals surface area contributed by atoms with Crippen molar-refractivity contribution in [3.05, 3.63) is 83.9 Å². The standard InChI is InChI=1S/C30H36N4O5S/c31-15-7-6-12-24(28(36)34-26(19-40)30(38)39)33-29(37)25(17-20-8-2-1-3-9-20)32-27(35)18-21-13-14-22-10-4-5-11-23(22)16-21/h1-5,8-11,13-14,16,24-26,40H,6-7,12,15,17-19,31H2,(H,32,35)(H,33,37)(H,34,36)(H,38,39)/t24-,25?,26?/m0/s1. The van der Waals surface area contributed by atoms with Gasteiger partial charge in [-0.3, -0.25) is 14.4 Å². The Balaban J connectivity index is 1.76. The molecule has 0 radical (unpaired) electrons. The van der Waals surface area contributed by atoms with Gasteiger partial charge in [0.25, 0.3) is 0 Å². The summed E-state index contributed by atoms with van der Waals surface area (Å²) in [7, 11) is 0. The van der Waals surface area contributed by atoms with Crippen LogP contribution in [0.2, 0.25) is 0 Å². The maximum atomic E-state index is 13.5. The van der Waals surface area contributed by atoms with Gasteiger partial charge in [-0.2, -0.15) is 12.6 Å². The highest BCUT2D eigenvalue weighted by Crippen LogP contribution is 2.16. The van der Waals surface area contributed by atoms with E-state index in [1.807, 2.05) is 72.8 Å². The normalized spacial score (nSPS) is 13.2. The number of carboxylic acid groups (broad SMARTS) is 1. The number of hydrogen-bond acceptors (Lipinski definition) is 6. The number of rotatable bonds is 15. The fraction of sp³-hybridized carbons (Fsp3) is 0.333. The van der Waals surface area contributed by atoms with Gasteiger partial charge in [0.2, 0.25) is 17.7 Å². The number of thiol groups is 1. The Bertz CT molecular complexity index is 1300. The molecule has 0 fully saturated rings. The van der Waals surface area contributed by atoms with Gasteiger partial charge in [0.15, 0.2) is 0 Å². The van der Waals surface area contributed by atoms with Crippen LogP contribution in [0, 0.1) is 0 Å². The largest absolute Gasteiger partial charge is 0.480 e. The van der Waals surface area contributed by atoms with Gasteiger partial charge >= 0.3 is 5.97 Å². The second kappa shape index (κ2) is 15.6. The maximum Gasteiger partial charge on any atom is 0.327 e. The van der Waals surface area contributed by atoms with Gasteiger partial charge in [-0.25, -0.2) is 4.79 Å². The molecule has 0 aromatic heterocycles. The fourth-order valence-electron chi connectivity index (χ4n) is 4.33. The predicted octanol–water partition coefficient (Wildman–Crippen LogP) is 2.22. The third-order valence-corrected chi connectivity index (χ3v) is 6.86. The molecule has 0 spiro atoms. The maximum absolute atomic E-state index is 13.5. The number of fused-ring (bicyclic) bond motifs is 1. The van der Waals surface area contributed by atoms with Gasteiger partial charge in [0, 0.05) is 12.2 Å². The molecule has 40 heavy (non-hydrogen) atoms. The number of amides is 3. The first kappa shape index (κ1) is 30.6. The SMILES string of the molecule is NCCCC[C@H](NC(=O)C(Cc1ccccc1)NC(=O)Cc1ccc2ccccc2c1)C(=O)NC(CS)C(=O)O. The van der Waals surface area contributed by atoms with Crippen LogP contribution in [0.5, 0.6) is 0 Å². The summed E-state index contributed by atoms with van der Waals surface area (Å²) in [5.74, 6) is -2.84. The van der Waals surface area contributed by atoms with Crippen LogP contribution in [0.4, 0.5) is 0 Å². The van der Waals surface area contributed by atoms with E-state index in [9.17, 15) is 24.3 Å². The van der Waals surface area contributed by atoms with Crippen LogP contribution in [0.15, 0.2) is 72.8 Å². The zero-order chi connectivity index (χ0) is 28.9. The molecule has 3 aromatic rings. The number of carboxylic acids is 1. The van der Waals surface area contributed by atoms with Crippen LogP contribution in [-0.2, 0) is 32.0 Å². The van der Waals surface area contributed by atoms with Crippen molar-refractivity contribution < 1.29 is 24.3 Å².